The lowest BCUT2D eigenvalue weighted by atomic mass is 9.99. The molecule has 0 spiro atoms. The minimum Gasteiger partial charge on any atom is -0.497 e. The molecule has 0 saturated carbocycles. The third kappa shape index (κ3) is 4.48. The number of carbonyl (C=O) groups excluding carboxylic acids is 1. The van der Waals surface area contributed by atoms with Crippen LogP contribution in [-0.4, -0.2) is 37.1 Å². The number of nitrogens with zero attached hydrogens (tertiary/aromatic N) is 2. The summed E-state index contributed by atoms with van der Waals surface area (Å²) in [6, 6.07) is 19.1. The molecule has 7 heteroatoms. The van der Waals surface area contributed by atoms with Crippen molar-refractivity contribution in [3.8, 4) is 34.0 Å². The zero-order valence-corrected chi connectivity index (χ0v) is 19.1. The summed E-state index contributed by atoms with van der Waals surface area (Å²) in [6.45, 7) is 2.46. The van der Waals surface area contributed by atoms with Crippen LogP contribution in [0.25, 0.3) is 22.5 Å². The summed E-state index contributed by atoms with van der Waals surface area (Å²) in [5, 5.41) is 4.97. The van der Waals surface area contributed by atoms with Gasteiger partial charge in [-0.05, 0) is 42.8 Å². The Kier molecular flexibility index (Phi) is 6.49. The average Bonchev–Trinajstić information content (AvgIpc) is 3.48. The van der Waals surface area contributed by atoms with Crippen LogP contribution >= 0.6 is 0 Å². The van der Waals surface area contributed by atoms with Gasteiger partial charge in [-0.2, -0.15) is 5.10 Å². The predicted molar refractivity (Wildman–Crippen MR) is 125 cm³/mol. The Hall–Kier alpha value is -4.00. The summed E-state index contributed by atoms with van der Waals surface area (Å²) in [4.78, 5) is 11.8. The predicted octanol–water partition coefficient (Wildman–Crippen LogP) is 5.22. The van der Waals surface area contributed by atoms with E-state index in [1.165, 1.54) is 7.11 Å². The minimum atomic E-state index is -0.513. The fourth-order valence-corrected chi connectivity index (χ4v) is 3.87. The molecule has 7 nitrogen and oxygen atoms in total. The van der Waals surface area contributed by atoms with Crippen molar-refractivity contribution < 1.29 is 23.4 Å². The molecule has 0 aliphatic heterocycles. The molecule has 33 heavy (non-hydrogen) atoms. The van der Waals surface area contributed by atoms with E-state index in [9.17, 15) is 4.79 Å². The van der Waals surface area contributed by atoms with E-state index in [-0.39, 0.29) is 5.76 Å². The van der Waals surface area contributed by atoms with Crippen molar-refractivity contribution in [3.63, 3.8) is 0 Å². The number of aromatic nitrogens is 2. The second kappa shape index (κ2) is 9.65. The van der Waals surface area contributed by atoms with E-state index in [0.29, 0.717) is 12.3 Å². The average molecular weight is 447 g/mol. The molecule has 0 atom stereocenters. The molecule has 0 unspecified atom stereocenters. The van der Waals surface area contributed by atoms with Crippen LogP contribution in [0.1, 0.15) is 28.8 Å². The van der Waals surface area contributed by atoms with Gasteiger partial charge in [0.25, 0.3) is 0 Å². The molecule has 4 aromatic rings. The van der Waals surface area contributed by atoms with Gasteiger partial charge in [0.05, 0.1) is 39.3 Å². The van der Waals surface area contributed by atoms with Crippen LogP contribution in [0.5, 0.6) is 11.5 Å². The first-order valence-electron chi connectivity index (χ1n) is 10.6. The van der Waals surface area contributed by atoms with Gasteiger partial charge in [0.2, 0.25) is 5.76 Å². The number of furan rings is 1. The molecule has 170 valence electrons. The van der Waals surface area contributed by atoms with Crippen LogP contribution in [0.2, 0.25) is 0 Å². The second-order valence-corrected chi connectivity index (χ2v) is 7.41. The number of rotatable bonds is 8. The van der Waals surface area contributed by atoms with Crippen molar-refractivity contribution in [2.45, 2.75) is 19.9 Å². The lowest BCUT2D eigenvalue weighted by Crippen LogP contribution is -2.04. The molecule has 0 aliphatic carbocycles. The number of hydrogen-bond acceptors (Lipinski definition) is 6. The number of esters is 1. The molecule has 4 rings (SSSR count). The minimum absolute atomic E-state index is 0.159. The van der Waals surface area contributed by atoms with Crippen LogP contribution in [0.4, 0.5) is 0 Å². The van der Waals surface area contributed by atoms with Crippen molar-refractivity contribution in [1.82, 2.24) is 9.78 Å². The maximum absolute atomic E-state index is 11.8. The molecule has 2 heterocycles. The van der Waals surface area contributed by atoms with Crippen molar-refractivity contribution in [2.24, 2.45) is 0 Å². The van der Waals surface area contributed by atoms with Crippen molar-refractivity contribution in [1.29, 1.82) is 0 Å². The van der Waals surface area contributed by atoms with Gasteiger partial charge < -0.3 is 18.6 Å². The van der Waals surface area contributed by atoms with E-state index in [4.69, 9.17) is 23.7 Å². The van der Waals surface area contributed by atoms with Gasteiger partial charge in [-0.1, -0.05) is 31.2 Å². The number of benzene rings is 2. The quantitative estimate of drug-likeness (QED) is 0.345. The monoisotopic (exact) mass is 446 g/mol. The first-order chi connectivity index (χ1) is 16.1. The smallest absolute Gasteiger partial charge is 0.373 e. The number of methoxy groups -OCH3 is 3. The first-order valence-corrected chi connectivity index (χ1v) is 10.6. The van der Waals surface area contributed by atoms with Gasteiger partial charge in [-0.25, -0.2) is 4.79 Å². The molecule has 2 aromatic carbocycles. The Balaban J connectivity index is 1.87. The zero-order valence-electron chi connectivity index (χ0n) is 19.1. The highest BCUT2D eigenvalue weighted by Crippen LogP contribution is 2.35. The summed E-state index contributed by atoms with van der Waals surface area (Å²) in [6.07, 6.45) is 0.769. The summed E-state index contributed by atoms with van der Waals surface area (Å²) in [5.41, 5.74) is 4.87. The Morgan fingerprint density at radius 1 is 0.939 bits per heavy atom. The lowest BCUT2D eigenvalue weighted by Gasteiger charge is -2.10. The number of hydrogen-bond donors (Lipinski definition) is 0. The van der Waals surface area contributed by atoms with E-state index in [1.807, 2.05) is 53.2 Å². The standard InChI is InChI=1S/C26H26N2O5/c1-5-22-24(17-8-6-10-19(14-17)30-2)27-28(16-21-12-13-23(33-21)26(29)32-4)25(22)18-9-7-11-20(15-18)31-3/h6-15H,5,16H2,1-4H3. The number of carbonyl (C=O) groups is 1. The lowest BCUT2D eigenvalue weighted by molar-refractivity contribution is 0.0563. The highest BCUT2D eigenvalue weighted by molar-refractivity contribution is 5.86. The third-order valence-corrected chi connectivity index (χ3v) is 5.44. The van der Waals surface area contributed by atoms with Gasteiger partial charge >= 0.3 is 5.97 Å². The van der Waals surface area contributed by atoms with Gasteiger partial charge in [0.1, 0.15) is 17.3 Å². The second-order valence-electron chi connectivity index (χ2n) is 7.41. The van der Waals surface area contributed by atoms with Gasteiger partial charge in [-0.3, -0.25) is 4.68 Å². The highest BCUT2D eigenvalue weighted by atomic mass is 16.5. The normalized spacial score (nSPS) is 10.8. The summed E-state index contributed by atoms with van der Waals surface area (Å²) >= 11 is 0. The Bertz CT molecular complexity index is 1270. The highest BCUT2D eigenvalue weighted by Gasteiger charge is 2.21. The molecule has 0 amide bonds. The Morgan fingerprint density at radius 2 is 1.61 bits per heavy atom. The summed E-state index contributed by atoms with van der Waals surface area (Å²) in [7, 11) is 4.62. The molecule has 0 saturated heterocycles. The van der Waals surface area contributed by atoms with Gasteiger partial charge in [-0.15, -0.1) is 0 Å². The zero-order chi connectivity index (χ0) is 23.4. The molecule has 0 radical (unpaired) electrons. The third-order valence-electron chi connectivity index (χ3n) is 5.44. The molecular weight excluding hydrogens is 420 g/mol. The molecule has 0 N–H and O–H groups in total. The van der Waals surface area contributed by atoms with Crippen molar-refractivity contribution in [3.05, 3.63) is 77.7 Å². The van der Waals surface area contributed by atoms with Crippen LogP contribution in [0.15, 0.2) is 65.1 Å². The van der Waals surface area contributed by atoms with Crippen molar-refractivity contribution in [2.75, 3.05) is 21.3 Å². The summed E-state index contributed by atoms with van der Waals surface area (Å²) in [5.74, 6) is 1.77. The van der Waals surface area contributed by atoms with Crippen LogP contribution in [0.3, 0.4) is 0 Å². The molecule has 0 fully saturated rings. The SMILES string of the molecule is CCc1c(-c2cccc(OC)c2)nn(Cc2ccc(C(=O)OC)o2)c1-c1cccc(OC)c1. The van der Waals surface area contributed by atoms with E-state index in [1.54, 1.807) is 26.4 Å². The fourth-order valence-electron chi connectivity index (χ4n) is 3.87. The molecule has 0 aliphatic rings. The van der Waals surface area contributed by atoms with Crippen molar-refractivity contribution >= 4 is 5.97 Å². The molecular formula is C26H26N2O5. The van der Waals surface area contributed by atoms with E-state index >= 15 is 0 Å². The first kappa shape index (κ1) is 22.2. The van der Waals surface area contributed by atoms with E-state index in [2.05, 4.69) is 6.92 Å². The summed E-state index contributed by atoms with van der Waals surface area (Å²) < 4.78 is 23.3. The Labute approximate surface area is 192 Å². The fraction of sp³-hybridized carbons (Fsp3) is 0.231. The van der Waals surface area contributed by atoms with Gasteiger partial charge in [0.15, 0.2) is 0 Å². The maximum Gasteiger partial charge on any atom is 0.373 e. The van der Waals surface area contributed by atoms with Gasteiger partial charge in [0, 0.05) is 16.7 Å². The van der Waals surface area contributed by atoms with Crippen LogP contribution < -0.4 is 9.47 Å². The van der Waals surface area contributed by atoms with Crippen LogP contribution in [0, 0.1) is 0 Å². The van der Waals surface area contributed by atoms with Crippen LogP contribution in [-0.2, 0) is 17.7 Å². The maximum atomic E-state index is 11.8. The number of ether oxygens (including phenoxy) is 3. The topological polar surface area (TPSA) is 75.7 Å². The Morgan fingerprint density at radius 3 is 2.24 bits per heavy atom. The molecule has 2 aromatic heterocycles. The molecule has 0 bridgehead atoms. The van der Waals surface area contributed by atoms with E-state index in [0.717, 1.165) is 46.0 Å². The largest absolute Gasteiger partial charge is 0.497 e. The van der Waals surface area contributed by atoms with E-state index < -0.39 is 5.97 Å².